The second-order valence-corrected chi connectivity index (χ2v) is 6.52. The number of likely N-dealkylation sites (tertiary alicyclic amines) is 1. The van der Waals surface area contributed by atoms with Gasteiger partial charge in [-0.3, -0.25) is 4.79 Å². The standard InChI is InChI=1S/C15H19ClINO/c1-11-5-2-8-13(14(11)17)15(19)18-10-4-7-12(18)6-3-9-16/h2,5,8,12H,3-4,6-7,9-10H2,1H3. The molecule has 0 bridgehead atoms. The molecule has 0 aliphatic carbocycles. The molecule has 1 unspecified atom stereocenters. The number of amides is 1. The Morgan fingerprint density at radius 1 is 1.53 bits per heavy atom. The molecular formula is C15H19ClINO. The van der Waals surface area contributed by atoms with Gasteiger partial charge in [-0.05, 0) is 66.8 Å². The first-order valence-electron chi connectivity index (χ1n) is 6.77. The van der Waals surface area contributed by atoms with E-state index in [2.05, 4.69) is 22.6 Å². The normalized spacial score (nSPS) is 18.9. The molecule has 1 aliphatic heterocycles. The van der Waals surface area contributed by atoms with Gasteiger partial charge < -0.3 is 4.90 Å². The maximum Gasteiger partial charge on any atom is 0.255 e. The molecule has 2 rings (SSSR count). The van der Waals surface area contributed by atoms with Crippen molar-refractivity contribution in [2.75, 3.05) is 12.4 Å². The van der Waals surface area contributed by atoms with Crippen LogP contribution in [0.3, 0.4) is 0 Å². The highest BCUT2D eigenvalue weighted by molar-refractivity contribution is 14.1. The van der Waals surface area contributed by atoms with E-state index in [-0.39, 0.29) is 5.91 Å². The Kier molecular flexibility index (Phi) is 5.51. The molecule has 0 saturated carbocycles. The van der Waals surface area contributed by atoms with E-state index in [0.29, 0.717) is 11.9 Å². The summed E-state index contributed by atoms with van der Waals surface area (Å²) < 4.78 is 1.08. The van der Waals surface area contributed by atoms with Gasteiger partial charge in [0.2, 0.25) is 0 Å². The first kappa shape index (κ1) is 15.1. The molecule has 104 valence electrons. The summed E-state index contributed by atoms with van der Waals surface area (Å²) in [6.45, 7) is 2.93. The number of halogens is 2. The third-order valence-electron chi connectivity index (χ3n) is 3.73. The Morgan fingerprint density at radius 3 is 3.05 bits per heavy atom. The van der Waals surface area contributed by atoms with Gasteiger partial charge in [-0.2, -0.15) is 0 Å². The van der Waals surface area contributed by atoms with Crippen LogP contribution >= 0.6 is 34.2 Å². The lowest BCUT2D eigenvalue weighted by molar-refractivity contribution is 0.0729. The topological polar surface area (TPSA) is 20.3 Å². The number of hydrogen-bond donors (Lipinski definition) is 0. The van der Waals surface area contributed by atoms with Crippen molar-refractivity contribution in [3.8, 4) is 0 Å². The summed E-state index contributed by atoms with van der Waals surface area (Å²) in [4.78, 5) is 14.7. The second-order valence-electron chi connectivity index (χ2n) is 5.06. The molecule has 1 heterocycles. The van der Waals surface area contributed by atoms with E-state index >= 15 is 0 Å². The van der Waals surface area contributed by atoms with Gasteiger partial charge >= 0.3 is 0 Å². The van der Waals surface area contributed by atoms with Crippen LogP contribution in [0.1, 0.15) is 41.6 Å². The van der Waals surface area contributed by atoms with E-state index in [1.165, 1.54) is 5.56 Å². The summed E-state index contributed by atoms with van der Waals surface area (Å²) in [5.41, 5.74) is 2.02. The van der Waals surface area contributed by atoms with Crippen LogP contribution in [-0.2, 0) is 0 Å². The molecule has 1 aromatic rings. The van der Waals surface area contributed by atoms with Crippen LogP contribution in [-0.4, -0.2) is 29.3 Å². The molecule has 1 aliphatic rings. The average Bonchev–Trinajstić information content (AvgIpc) is 2.87. The minimum Gasteiger partial charge on any atom is -0.336 e. The van der Waals surface area contributed by atoms with Gasteiger partial charge in [-0.25, -0.2) is 0 Å². The van der Waals surface area contributed by atoms with Crippen LogP contribution in [0.5, 0.6) is 0 Å². The molecule has 0 spiro atoms. The lowest BCUT2D eigenvalue weighted by Crippen LogP contribution is -2.36. The Balaban J connectivity index is 2.16. The maximum atomic E-state index is 12.7. The quantitative estimate of drug-likeness (QED) is 0.556. The highest BCUT2D eigenvalue weighted by Gasteiger charge is 2.29. The van der Waals surface area contributed by atoms with E-state index in [1.807, 2.05) is 30.0 Å². The lowest BCUT2D eigenvalue weighted by Gasteiger charge is -2.25. The van der Waals surface area contributed by atoms with Crippen molar-refractivity contribution >= 4 is 40.1 Å². The first-order valence-corrected chi connectivity index (χ1v) is 8.38. The molecular weight excluding hydrogens is 373 g/mol. The number of carbonyl (C=O) groups is 1. The summed E-state index contributed by atoms with van der Waals surface area (Å²) in [6, 6.07) is 6.33. The molecule has 1 saturated heterocycles. The molecule has 2 nitrogen and oxygen atoms in total. The molecule has 0 N–H and O–H groups in total. The van der Waals surface area contributed by atoms with Crippen molar-refractivity contribution in [2.24, 2.45) is 0 Å². The third-order valence-corrected chi connectivity index (χ3v) is 5.43. The van der Waals surface area contributed by atoms with Gasteiger partial charge in [-0.1, -0.05) is 12.1 Å². The molecule has 1 atom stereocenters. The minimum atomic E-state index is 0.185. The molecule has 1 amide bonds. The summed E-state index contributed by atoms with van der Waals surface area (Å²) >= 11 is 8.04. The fraction of sp³-hybridized carbons (Fsp3) is 0.533. The average molecular weight is 392 g/mol. The summed E-state index contributed by atoms with van der Waals surface area (Å²) in [6.07, 6.45) is 4.24. The zero-order chi connectivity index (χ0) is 13.8. The number of nitrogens with zero attached hydrogens (tertiary/aromatic N) is 1. The van der Waals surface area contributed by atoms with Crippen LogP contribution in [0.25, 0.3) is 0 Å². The van der Waals surface area contributed by atoms with Crippen molar-refractivity contribution < 1.29 is 4.79 Å². The zero-order valence-corrected chi connectivity index (χ0v) is 14.1. The largest absolute Gasteiger partial charge is 0.336 e. The number of benzene rings is 1. The minimum absolute atomic E-state index is 0.185. The number of rotatable bonds is 4. The van der Waals surface area contributed by atoms with E-state index < -0.39 is 0 Å². The number of hydrogen-bond acceptors (Lipinski definition) is 1. The Morgan fingerprint density at radius 2 is 2.32 bits per heavy atom. The van der Waals surface area contributed by atoms with Crippen molar-refractivity contribution in [3.05, 3.63) is 32.9 Å². The van der Waals surface area contributed by atoms with Gasteiger partial charge in [0, 0.05) is 22.0 Å². The first-order chi connectivity index (χ1) is 9.15. The van der Waals surface area contributed by atoms with Crippen molar-refractivity contribution in [2.45, 2.75) is 38.6 Å². The third kappa shape index (κ3) is 3.43. The van der Waals surface area contributed by atoms with Crippen LogP contribution < -0.4 is 0 Å². The zero-order valence-electron chi connectivity index (χ0n) is 11.2. The van der Waals surface area contributed by atoms with Crippen molar-refractivity contribution in [1.82, 2.24) is 4.90 Å². The second kappa shape index (κ2) is 6.93. The summed E-state index contributed by atoms with van der Waals surface area (Å²) in [5.74, 6) is 0.866. The van der Waals surface area contributed by atoms with Crippen molar-refractivity contribution in [3.63, 3.8) is 0 Å². The van der Waals surface area contributed by atoms with Crippen molar-refractivity contribution in [1.29, 1.82) is 0 Å². The van der Waals surface area contributed by atoms with E-state index in [0.717, 1.165) is 41.4 Å². The van der Waals surface area contributed by atoms with Gasteiger partial charge in [-0.15, -0.1) is 11.6 Å². The molecule has 1 fully saturated rings. The molecule has 4 heteroatoms. The fourth-order valence-electron chi connectivity index (χ4n) is 2.68. The van der Waals surface area contributed by atoms with Crippen LogP contribution in [0.4, 0.5) is 0 Å². The van der Waals surface area contributed by atoms with Gasteiger partial charge in [0.15, 0.2) is 0 Å². The van der Waals surface area contributed by atoms with Gasteiger partial charge in [0.05, 0.1) is 5.56 Å². The molecule has 0 aromatic heterocycles. The fourth-order valence-corrected chi connectivity index (χ4v) is 3.43. The maximum absolute atomic E-state index is 12.7. The Bertz CT molecular complexity index is 463. The predicted octanol–water partition coefficient (Wildman–Crippen LogP) is 4.22. The Labute approximate surface area is 133 Å². The van der Waals surface area contributed by atoms with E-state index in [9.17, 15) is 4.79 Å². The molecule has 0 radical (unpaired) electrons. The molecule has 19 heavy (non-hydrogen) atoms. The summed E-state index contributed by atoms with van der Waals surface area (Å²) in [5, 5.41) is 0. The van der Waals surface area contributed by atoms with Crippen LogP contribution in [0.2, 0.25) is 0 Å². The number of alkyl halides is 1. The monoisotopic (exact) mass is 391 g/mol. The SMILES string of the molecule is Cc1cccc(C(=O)N2CCCC2CCCCl)c1I. The van der Waals surface area contributed by atoms with Crippen LogP contribution in [0.15, 0.2) is 18.2 Å². The molecule has 1 aromatic carbocycles. The van der Waals surface area contributed by atoms with Gasteiger partial charge in [0.1, 0.15) is 0 Å². The number of aryl methyl sites for hydroxylation is 1. The Hall–Kier alpha value is -0.290. The highest BCUT2D eigenvalue weighted by atomic mass is 127. The van der Waals surface area contributed by atoms with Gasteiger partial charge in [0.25, 0.3) is 5.91 Å². The van der Waals surface area contributed by atoms with E-state index in [4.69, 9.17) is 11.6 Å². The lowest BCUT2D eigenvalue weighted by atomic mass is 10.1. The summed E-state index contributed by atoms with van der Waals surface area (Å²) in [7, 11) is 0. The highest BCUT2D eigenvalue weighted by Crippen LogP contribution is 2.26. The number of carbonyl (C=O) groups excluding carboxylic acids is 1. The van der Waals surface area contributed by atoms with Crippen LogP contribution in [0, 0.1) is 10.5 Å². The smallest absolute Gasteiger partial charge is 0.255 e. The van der Waals surface area contributed by atoms with E-state index in [1.54, 1.807) is 0 Å². The predicted molar refractivity (Wildman–Crippen MR) is 87.9 cm³/mol.